The fourth-order valence-corrected chi connectivity index (χ4v) is 4.36. The van der Waals surface area contributed by atoms with E-state index >= 15 is 0 Å². The van der Waals surface area contributed by atoms with E-state index in [1.165, 1.54) is 9.91 Å². The van der Waals surface area contributed by atoms with E-state index in [-0.39, 0.29) is 11.5 Å². The van der Waals surface area contributed by atoms with Crippen LogP contribution < -0.4 is 15.6 Å². The normalized spacial score (nSPS) is 15.3. The Hall–Kier alpha value is -3.17. The highest BCUT2D eigenvalue weighted by Crippen LogP contribution is 2.28. The lowest BCUT2D eigenvalue weighted by molar-refractivity contribution is -0.124. The Balaban J connectivity index is 1.60. The van der Waals surface area contributed by atoms with E-state index in [4.69, 9.17) is 47.0 Å². The standard InChI is InChI=1S/C25H19Cl3N4O3S/c1-14-2-9-18(12-20(14)28)29-22(33)13-21-24(35)31(19-10-7-17(27)8-11-19)25(36)32(21)30-23(34)15-3-5-16(26)6-4-15/h2-12,21H,13H2,1H3,(H,29,33)(H,30,34). The third kappa shape index (κ3) is 5.63. The molecule has 7 nitrogen and oxygen atoms in total. The summed E-state index contributed by atoms with van der Waals surface area (Å²) in [6, 6.07) is 16.7. The van der Waals surface area contributed by atoms with Crippen molar-refractivity contribution in [3.8, 4) is 0 Å². The Morgan fingerprint density at radius 1 is 0.944 bits per heavy atom. The lowest BCUT2D eigenvalue weighted by Crippen LogP contribution is -2.49. The topological polar surface area (TPSA) is 81.8 Å². The van der Waals surface area contributed by atoms with Crippen molar-refractivity contribution in [2.45, 2.75) is 19.4 Å². The molecule has 0 aromatic heterocycles. The first-order chi connectivity index (χ1) is 17.1. The van der Waals surface area contributed by atoms with Crippen LogP contribution in [0.15, 0.2) is 66.7 Å². The summed E-state index contributed by atoms with van der Waals surface area (Å²) < 4.78 is 0. The van der Waals surface area contributed by atoms with Gasteiger partial charge in [-0.15, -0.1) is 0 Å². The van der Waals surface area contributed by atoms with Crippen LogP contribution in [0.1, 0.15) is 22.3 Å². The summed E-state index contributed by atoms with van der Waals surface area (Å²) in [5.74, 6) is -1.45. The van der Waals surface area contributed by atoms with Gasteiger partial charge in [0.15, 0.2) is 0 Å². The molecule has 3 aromatic rings. The van der Waals surface area contributed by atoms with Crippen molar-refractivity contribution >= 4 is 81.2 Å². The van der Waals surface area contributed by atoms with Crippen molar-refractivity contribution in [1.82, 2.24) is 10.4 Å². The van der Waals surface area contributed by atoms with Crippen molar-refractivity contribution in [2.24, 2.45) is 0 Å². The molecule has 1 fully saturated rings. The summed E-state index contributed by atoms with van der Waals surface area (Å²) in [5.41, 5.74) is 4.76. The number of hydrogen-bond donors (Lipinski definition) is 2. The van der Waals surface area contributed by atoms with E-state index in [2.05, 4.69) is 10.7 Å². The van der Waals surface area contributed by atoms with Crippen LogP contribution in [0.3, 0.4) is 0 Å². The summed E-state index contributed by atoms with van der Waals surface area (Å²) in [6.07, 6.45) is -0.282. The van der Waals surface area contributed by atoms with Crippen molar-refractivity contribution in [1.29, 1.82) is 0 Å². The largest absolute Gasteiger partial charge is 0.326 e. The third-order valence-electron chi connectivity index (χ3n) is 5.46. The van der Waals surface area contributed by atoms with Crippen LogP contribution in [-0.4, -0.2) is 33.9 Å². The van der Waals surface area contributed by atoms with Crippen LogP contribution >= 0.6 is 47.0 Å². The van der Waals surface area contributed by atoms with E-state index in [1.54, 1.807) is 66.7 Å². The number of aryl methyl sites for hydroxylation is 1. The number of nitrogens with zero attached hydrogens (tertiary/aromatic N) is 2. The fraction of sp³-hybridized carbons (Fsp3) is 0.120. The van der Waals surface area contributed by atoms with Crippen LogP contribution in [0.5, 0.6) is 0 Å². The monoisotopic (exact) mass is 560 g/mol. The number of carbonyl (C=O) groups is 3. The molecule has 11 heteroatoms. The number of hydrogen-bond acceptors (Lipinski definition) is 4. The molecule has 1 unspecified atom stereocenters. The van der Waals surface area contributed by atoms with E-state index in [9.17, 15) is 14.4 Å². The molecule has 2 N–H and O–H groups in total. The van der Waals surface area contributed by atoms with E-state index < -0.39 is 23.8 Å². The van der Waals surface area contributed by atoms with Crippen LogP contribution in [0.25, 0.3) is 0 Å². The molecule has 1 aliphatic rings. The zero-order chi connectivity index (χ0) is 26.0. The Morgan fingerprint density at radius 2 is 1.56 bits per heavy atom. The predicted octanol–water partition coefficient (Wildman–Crippen LogP) is 5.63. The molecule has 0 aliphatic carbocycles. The van der Waals surface area contributed by atoms with Gasteiger partial charge in [0, 0.05) is 26.3 Å². The van der Waals surface area contributed by atoms with Gasteiger partial charge in [-0.2, -0.15) is 0 Å². The smallest absolute Gasteiger partial charge is 0.269 e. The molecule has 0 spiro atoms. The maximum absolute atomic E-state index is 13.5. The number of anilines is 2. The van der Waals surface area contributed by atoms with Gasteiger partial charge in [0.2, 0.25) is 11.0 Å². The minimum Gasteiger partial charge on any atom is -0.326 e. The highest BCUT2D eigenvalue weighted by atomic mass is 35.5. The van der Waals surface area contributed by atoms with Gasteiger partial charge in [-0.25, -0.2) is 5.01 Å². The summed E-state index contributed by atoms with van der Waals surface area (Å²) in [7, 11) is 0. The fourth-order valence-electron chi connectivity index (χ4n) is 3.56. The molecule has 1 aliphatic heterocycles. The number of thiocarbonyl (C=S) groups is 1. The molecule has 0 saturated carbocycles. The summed E-state index contributed by atoms with van der Waals surface area (Å²) in [6.45, 7) is 1.85. The van der Waals surface area contributed by atoms with Gasteiger partial charge in [0.05, 0.1) is 12.1 Å². The molecule has 0 bridgehead atoms. The van der Waals surface area contributed by atoms with Gasteiger partial charge in [-0.1, -0.05) is 40.9 Å². The Morgan fingerprint density at radius 3 is 2.17 bits per heavy atom. The molecule has 4 rings (SSSR count). The molecule has 184 valence electrons. The quantitative estimate of drug-likeness (QED) is 0.381. The Bertz CT molecular complexity index is 1350. The summed E-state index contributed by atoms with van der Waals surface area (Å²) >= 11 is 23.6. The maximum Gasteiger partial charge on any atom is 0.269 e. The molecule has 0 radical (unpaired) electrons. The molecule has 3 aromatic carbocycles. The zero-order valence-electron chi connectivity index (χ0n) is 18.8. The molecule has 36 heavy (non-hydrogen) atoms. The third-order valence-corrected chi connectivity index (χ3v) is 6.75. The van der Waals surface area contributed by atoms with E-state index in [1.807, 2.05) is 6.92 Å². The SMILES string of the molecule is Cc1ccc(NC(=O)CC2C(=O)N(c3ccc(Cl)cc3)C(=S)N2NC(=O)c2ccc(Cl)cc2)cc1Cl. The molecule has 1 saturated heterocycles. The van der Waals surface area contributed by atoms with Gasteiger partial charge < -0.3 is 5.32 Å². The molecular weight excluding hydrogens is 543 g/mol. The average Bonchev–Trinajstić information content (AvgIpc) is 3.06. The number of benzene rings is 3. The zero-order valence-corrected chi connectivity index (χ0v) is 21.9. The van der Waals surface area contributed by atoms with Crippen molar-refractivity contribution in [2.75, 3.05) is 10.2 Å². The lowest BCUT2D eigenvalue weighted by atomic mass is 10.1. The number of hydrazine groups is 1. The number of carbonyl (C=O) groups excluding carboxylic acids is 3. The lowest BCUT2D eigenvalue weighted by Gasteiger charge is -2.24. The highest BCUT2D eigenvalue weighted by molar-refractivity contribution is 7.80. The van der Waals surface area contributed by atoms with Gasteiger partial charge >= 0.3 is 0 Å². The first-order valence-corrected chi connectivity index (χ1v) is 12.2. The van der Waals surface area contributed by atoms with Crippen molar-refractivity contribution in [3.05, 3.63) is 92.9 Å². The van der Waals surface area contributed by atoms with Gasteiger partial charge in [0.1, 0.15) is 6.04 Å². The Kier molecular flexibility index (Phi) is 7.80. The van der Waals surface area contributed by atoms with Gasteiger partial charge in [-0.05, 0) is 85.4 Å². The number of nitrogens with one attached hydrogen (secondary N) is 2. The summed E-state index contributed by atoms with van der Waals surface area (Å²) in [5, 5.41) is 5.43. The Labute approximate surface area is 227 Å². The predicted molar refractivity (Wildman–Crippen MR) is 146 cm³/mol. The van der Waals surface area contributed by atoms with Crippen LogP contribution in [0.4, 0.5) is 11.4 Å². The van der Waals surface area contributed by atoms with Crippen molar-refractivity contribution < 1.29 is 14.4 Å². The minimum absolute atomic E-state index is 0.0146. The highest BCUT2D eigenvalue weighted by Gasteiger charge is 2.45. The summed E-state index contributed by atoms with van der Waals surface area (Å²) in [4.78, 5) is 40.5. The maximum atomic E-state index is 13.5. The number of halogens is 3. The average molecular weight is 562 g/mol. The molecule has 1 heterocycles. The molecule has 3 amide bonds. The number of amides is 3. The molecule has 1 atom stereocenters. The second-order valence-electron chi connectivity index (χ2n) is 7.98. The van der Waals surface area contributed by atoms with Gasteiger partial charge in [0.25, 0.3) is 11.8 Å². The van der Waals surface area contributed by atoms with Crippen LogP contribution in [0, 0.1) is 6.92 Å². The van der Waals surface area contributed by atoms with Crippen LogP contribution in [0.2, 0.25) is 15.1 Å². The first kappa shape index (κ1) is 25.9. The van der Waals surface area contributed by atoms with Crippen molar-refractivity contribution in [3.63, 3.8) is 0 Å². The van der Waals surface area contributed by atoms with Gasteiger partial charge in [-0.3, -0.25) is 24.7 Å². The van der Waals surface area contributed by atoms with E-state index in [0.717, 1.165) is 5.56 Å². The number of rotatable bonds is 6. The second-order valence-corrected chi connectivity index (χ2v) is 9.63. The van der Waals surface area contributed by atoms with E-state index in [0.29, 0.717) is 32.0 Å². The second kappa shape index (κ2) is 10.8. The van der Waals surface area contributed by atoms with Crippen LogP contribution in [-0.2, 0) is 9.59 Å². The first-order valence-electron chi connectivity index (χ1n) is 10.7. The minimum atomic E-state index is -1.09. The molecular formula is C25H19Cl3N4O3S.